The van der Waals surface area contributed by atoms with Crippen molar-refractivity contribution in [3.8, 4) is 0 Å². The first kappa shape index (κ1) is 10.7. The van der Waals surface area contributed by atoms with Gasteiger partial charge in [-0.25, -0.2) is 0 Å². The minimum Gasteiger partial charge on any atom is -0.384 e. The number of ether oxygens (including phenoxy) is 1. The maximum Gasteiger partial charge on any atom is 0.0736 e. The van der Waals surface area contributed by atoms with Gasteiger partial charge < -0.3 is 9.64 Å². The van der Waals surface area contributed by atoms with Crippen LogP contribution in [0.4, 0.5) is 0 Å². The van der Waals surface area contributed by atoms with E-state index < -0.39 is 0 Å². The van der Waals surface area contributed by atoms with Gasteiger partial charge in [0.15, 0.2) is 0 Å². The lowest BCUT2D eigenvalue weighted by molar-refractivity contribution is 0.148. The fourth-order valence-electron chi connectivity index (χ4n) is 0.982. The van der Waals surface area contributed by atoms with E-state index in [1.165, 1.54) is 0 Å². The fraction of sp³-hybridized carbons (Fsp3) is 0.364. The van der Waals surface area contributed by atoms with E-state index in [1.807, 2.05) is 49.6 Å². The Labute approximate surface area is 85.0 Å². The summed E-state index contributed by atoms with van der Waals surface area (Å²) in [7, 11) is 3.97. The molecule has 3 nitrogen and oxygen atoms in total. The van der Waals surface area contributed by atoms with Crippen molar-refractivity contribution in [1.82, 2.24) is 9.88 Å². The molecule has 0 spiro atoms. The molecule has 0 saturated carbocycles. The first-order chi connectivity index (χ1) is 6.79. The van der Waals surface area contributed by atoms with Crippen molar-refractivity contribution in [2.24, 2.45) is 0 Å². The molecule has 1 heterocycles. The van der Waals surface area contributed by atoms with Gasteiger partial charge in [-0.05, 0) is 23.9 Å². The smallest absolute Gasteiger partial charge is 0.0736 e. The number of aromatic nitrogens is 1. The molecule has 0 aromatic carbocycles. The second-order valence-electron chi connectivity index (χ2n) is 3.22. The number of hydrogen-bond donors (Lipinski definition) is 0. The number of hydrogen-bond acceptors (Lipinski definition) is 3. The molecule has 1 aromatic heterocycles. The Morgan fingerprint density at radius 1 is 1.50 bits per heavy atom. The number of pyridine rings is 1. The Kier molecular flexibility index (Phi) is 4.72. The fourth-order valence-corrected chi connectivity index (χ4v) is 0.982. The van der Waals surface area contributed by atoms with Gasteiger partial charge in [-0.2, -0.15) is 0 Å². The lowest BCUT2D eigenvalue weighted by Crippen LogP contribution is -2.01. The van der Waals surface area contributed by atoms with Crippen molar-refractivity contribution in [3.63, 3.8) is 0 Å². The highest BCUT2D eigenvalue weighted by atomic mass is 16.5. The van der Waals surface area contributed by atoms with Crippen LogP contribution < -0.4 is 0 Å². The largest absolute Gasteiger partial charge is 0.384 e. The molecular formula is C11H16N2O. The maximum absolute atomic E-state index is 5.42. The van der Waals surface area contributed by atoms with E-state index in [-0.39, 0.29) is 0 Å². The van der Waals surface area contributed by atoms with E-state index in [9.17, 15) is 0 Å². The SMILES string of the molecule is CN(C)C=CCOCc1cccnc1. The molecule has 0 amide bonds. The van der Waals surface area contributed by atoms with Gasteiger partial charge in [0, 0.05) is 26.5 Å². The van der Waals surface area contributed by atoms with Crippen LogP contribution in [0.2, 0.25) is 0 Å². The Balaban J connectivity index is 2.16. The van der Waals surface area contributed by atoms with Gasteiger partial charge in [0.1, 0.15) is 0 Å². The van der Waals surface area contributed by atoms with Crippen LogP contribution in [0, 0.1) is 0 Å². The summed E-state index contributed by atoms with van der Waals surface area (Å²) in [4.78, 5) is 5.99. The van der Waals surface area contributed by atoms with Crippen LogP contribution in [0.3, 0.4) is 0 Å². The molecule has 76 valence electrons. The lowest BCUT2D eigenvalue weighted by Gasteiger charge is -2.04. The Hall–Kier alpha value is -1.35. The molecular weight excluding hydrogens is 176 g/mol. The highest BCUT2D eigenvalue weighted by molar-refractivity contribution is 5.06. The highest BCUT2D eigenvalue weighted by Gasteiger charge is 1.89. The predicted molar refractivity (Wildman–Crippen MR) is 56.7 cm³/mol. The molecule has 14 heavy (non-hydrogen) atoms. The van der Waals surface area contributed by atoms with Crippen molar-refractivity contribution in [2.45, 2.75) is 6.61 Å². The molecule has 3 heteroatoms. The van der Waals surface area contributed by atoms with E-state index in [4.69, 9.17) is 4.74 Å². The molecule has 0 saturated heterocycles. The van der Waals surface area contributed by atoms with Crippen LogP contribution in [0.25, 0.3) is 0 Å². The van der Waals surface area contributed by atoms with Crippen LogP contribution in [-0.2, 0) is 11.3 Å². The lowest BCUT2D eigenvalue weighted by atomic mass is 10.3. The van der Waals surface area contributed by atoms with Gasteiger partial charge in [-0.1, -0.05) is 6.07 Å². The quantitative estimate of drug-likeness (QED) is 0.664. The number of nitrogens with zero attached hydrogens (tertiary/aromatic N) is 2. The summed E-state index contributed by atoms with van der Waals surface area (Å²) in [6.07, 6.45) is 7.53. The third kappa shape index (κ3) is 4.62. The van der Waals surface area contributed by atoms with Crippen LogP contribution in [0.15, 0.2) is 36.8 Å². The minimum atomic E-state index is 0.617. The van der Waals surface area contributed by atoms with Crippen molar-refractivity contribution in [3.05, 3.63) is 42.4 Å². The standard InChI is InChI=1S/C11H16N2O/c1-13(2)7-4-8-14-10-11-5-3-6-12-9-11/h3-7,9H,8,10H2,1-2H3. The van der Waals surface area contributed by atoms with Gasteiger partial charge in [0.25, 0.3) is 0 Å². The topological polar surface area (TPSA) is 25.4 Å². The molecule has 0 aliphatic carbocycles. The molecule has 0 fully saturated rings. The normalized spacial score (nSPS) is 10.7. The monoisotopic (exact) mass is 192 g/mol. The summed E-state index contributed by atoms with van der Waals surface area (Å²) in [5.74, 6) is 0. The van der Waals surface area contributed by atoms with Crippen LogP contribution in [0.5, 0.6) is 0 Å². The second-order valence-corrected chi connectivity index (χ2v) is 3.22. The van der Waals surface area contributed by atoms with Crippen LogP contribution >= 0.6 is 0 Å². The molecule has 0 radical (unpaired) electrons. The summed E-state index contributed by atoms with van der Waals surface area (Å²) in [6.45, 7) is 1.25. The first-order valence-corrected chi connectivity index (χ1v) is 4.59. The minimum absolute atomic E-state index is 0.617. The Bertz CT molecular complexity index is 270. The van der Waals surface area contributed by atoms with Crippen LogP contribution in [-0.4, -0.2) is 30.6 Å². The van der Waals surface area contributed by atoms with Gasteiger partial charge in [0.05, 0.1) is 13.2 Å². The molecule has 1 aromatic rings. The average molecular weight is 192 g/mol. The summed E-state index contributed by atoms with van der Waals surface area (Å²) in [5, 5.41) is 0. The molecule has 0 unspecified atom stereocenters. The number of rotatable bonds is 5. The molecule has 1 rings (SSSR count). The summed E-state index contributed by atoms with van der Waals surface area (Å²) < 4.78 is 5.42. The van der Waals surface area contributed by atoms with Gasteiger partial charge in [-0.3, -0.25) is 4.98 Å². The second kappa shape index (κ2) is 6.16. The summed E-state index contributed by atoms with van der Waals surface area (Å²) in [5.41, 5.74) is 1.10. The Morgan fingerprint density at radius 2 is 2.36 bits per heavy atom. The van der Waals surface area contributed by atoms with E-state index in [0.29, 0.717) is 13.2 Å². The molecule has 0 N–H and O–H groups in total. The summed E-state index contributed by atoms with van der Waals surface area (Å²) >= 11 is 0. The Morgan fingerprint density at radius 3 is 3.00 bits per heavy atom. The molecule has 0 bridgehead atoms. The van der Waals surface area contributed by atoms with E-state index in [1.54, 1.807) is 6.20 Å². The van der Waals surface area contributed by atoms with E-state index in [2.05, 4.69) is 4.98 Å². The zero-order valence-electron chi connectivity index (χ0n) is 8.68. The third-order valence-corrected chi connectivity index (χ3v) is 1.61. The molecule has 0 aliphatic heterocycles. The molecule has 0 atom stereocenters. The zero-order chi connectivity index (χ0) is 10.2. The maximum atomic E-state index is 5.42. The highest BCUT2D eigenvalue weighted by Crippen LogP contribution is 1.97. The van der Waals surface area contributed by atoms with Crippen molar-refractivity contribution in [2.75, 3.05) is 20.7 Å². The van der Waals surface area contributed by atoms with Gasteiger partial charge >= 0.3 is 0 Å². The van der Waals surface area contributed by atoms with Crippen molar-refractivity contribution in [1.29, 1.82) is 0 Å². The van der Waals surface area contributed by atoms with Crippen molar-refractivity contribution >= 4 is 0 Å². The summed E-state index contributed by atoms with van der Waals surface area (Å²) in [6, 6.07) is 3.91. The predicted octanol–water partition coefficient (Wildman–Crippen LogP) is 1.67. The molecule has 0 aliphatic rings. The van der Waals surface area contributed by atoms with Crippen LogP contribution in [0.1, 0.15) is 5.56 Å². The van der Waals surface area contributed by atoms with Gasteiger partial charge in [-0.15, -0.1) is 0 Å². The first-order valence-electron chi connectivity index (χ1n) is 4.59. The third-order valence-electron chi connectivity index (χ3n) is 1.61. The van der Waals surface area contributed by atoms with E-state index >= 15 is 0 Å². The average Bonchev–Trinajstić information content (AvgIpc) is 2.18. The van der Waals surface area contributed by atoms with Gasteiger partial charge in [0.2, 0.25) is 0 Å². The zero-order valence-corrected chi connectivity index (χ0v) is 8.68. The van der Waals surface area contributed by atoms with Crippen molar-refractivity contribution < 1.29 is 4.74 Å². The van der Waals surface area contributed by atoms with E-state index in [0.717, 1.165) is 5.56 Å².